The fourth-order valence-electron chi connectivity index (χ4n) is 2.00. The number of hydrogen-bond donors (Lipinski definition) is 2. The Morgan fingerprint density at radius 2 is 1.90 bits per heavy atom. The molecule has 0 radical (unpaired) electrons. The summed E-state index contributed by atoms with van der Waals surface area (Å²) in [5.41, 5.74) is 0.566. The van der Waals surface area contributed by atoms with Gasteiger partial charge in [0.15, 0.2) is 0 Å². The van der Waals surface area contributed by atoms with Crippen molar-refractivity contribution in [3.05, 3.63) is 35.9 Å². The molecule has 0 aliphatic rings. The number of hydrogen-bond acceptors (Lipinski definition) is 4. The van der Waals surface area contributed by atoms with Crippen molar-refractivity contribution in [1.29, 1.82) is 0 Å². The summed E-state index contributed by atoms with van der Waals surface area (Å²) in [6.45, 7) is 2.03. The van der Waals surface area contributed by atoms with Crippen molar-refractivity contribution in [2.45, 2.75) is 32.3 Å². The molecular weight excluding hydrogens is 260 g/mol. The average molecular weight is 280 g/mol. The van der Waals surface area contributed by atoms with E-state index in [0.717, 1.165) is 0 Å². The van der Waals surface area contributed by atoms with E-state index in [2.05, 4.69) is 0 Å². The number of carboxylic acids is 1. The van der Waals surface area contributed by atoms with E-state index in [9.17, 15) is 19.8 Å². The fourth-order valence-corrected chi connectivity index (χ4v) is 2.00. The van der Waals surface area contributed by atoms with Gasteiger partial charge in [-0.1, -0.05) is 30.3 Å². The third-order valence-corrected chi connectivity index (χ3v) is 3.04. The highest BCUT2D eigenvalue weighted by molar-refractivity contribution is 5.71. The van der Waals surface area contributed by atoms with Gasteiger partial charge < -0.3 is 14.9 Å². The van der Waals surface area contributed by atoms with E-state index in [4.69, 9.17) is 4.74 Å². The molecule has 0 aliphatic carbocycles. The van der Waals surface area contributed by atoms with E-state index >= 15 is 0 Å². The van der Waals surface area contributed by atoms with Crippen LogP contribution >= 0.6 is 0 Å². The Kier molecular flexibility index (Phi) is 6.73. The lowest BCUT2D eigenvalue weighted by molar-refractivity contribution is -0.148. The summed E-state index contributed by atoms with van der Waals surface area (Å²) in [5.74, 6) is -2.33. The van der Waals surface area contributed by atoms with Gasteiger partial charge in [0.25, 0.3) is 0 Å². The Morgan fingerprint density at radius 1 is 1.25 bits per heavy atom. The lowest BCUT2D eigenvalue weighted by Gasteiger charge is -2.19. The Labute approximate surface area is 118 Å². The van der Waals surface area contributed by atoms with Crippen LogP contribution < -0.4 is 0 Å². The minimum absolute atomic E-state index is 0.166. The van der Waals surface area contributed by atoms with E-state index in [0.29, 0.717) is 18.6 Å². The Hall–Kier alpha value is -1.88. The number of ether oxygens (including phenoxy) is 1. The molecule has 0 saturated heterocycles. The second-order valence-electron chi connectivity index (χ2n) is 4.50. The number of esters is 1. The molecule has 1 aromatic rings. The molecule has 5 nitrogen and oxygen atoms in total. The van der Waals surface area contributed by atoms with Crippen LogP contribution in [-0.4, -0.2) is 28.8 Å². The van der Waals surface area contributed by atoms with Gasteiger partial charge >= 0.3 is 11.9 Å². The van der Waals surface area contributed by atoms with Crippen molar-refractivity contribution in [3.63, 3.8) is 0 Å². The molecule has 110 valence electrons. The number of aliphatic hydroxyl groups excluding tert-OH is 1. The third kappa shape index (κ3) is 5.01. The van der Waals surface area contributed by atoms with Gasteiger partial charge in [-0.15, -0.1) is 0 Å². The van der Waals surface area contributed by atoms with Crippen molar-refractivity contribution in [3.8, 4) is 0 Å². The van der Waals surface area contributed by atoms with Gasteiger partial charge in [0.2, 0.25) is 0 Å². The van der Waals surface area contributed by atoms with Gasteiger partial charge in [0, 0.05) is 6.42 Å². The lowest BCUT2D eigenvalue weighted by atomic mass is 9.91. The van der Waals surface area contributed by atoms with Crippen molar-refractivity contribution in [2.75, 3.05) is 6.61 Å². The fraction of sp³-hybridized carbons (Fsp3) is 0.467. The van der Waals surface area contributed by atoms with Crippen LogP contribution in [0.3, 0.4) is 0 Å². The second-order valence-corrected chi connectivity index (χ2v) is 4.50. The topological polar surface area (TPSA) is 83.8 Å². The van der Waals surface area contributed by atoms with Gasteiger partial charge in [-0.05, 0) is 25.3 Å². The van der Waals surface area contributed by atoms with Crippen LogP contribution in [0, 0.1) is 5.92 Å². The minimum Gasteiger partial charge on any atom is -0.481 e. The summed E-state index contributed by atoms with van der Waals surface area (Å²) in [6.07, 6.45) is -0.306. The van der Waals surface area contributed by atoms with Crippen molar-refractivity contribution >= 4 is 11.9 Å². The van der Waals surface area contributed by atoms with Gasteiger partial charge in [0.05, 0.1) is 18.6 Å². The SMILES string of the molecule is CCOC(=O)CCC[C@@H](C(=O)O)[C@@H](O)c1ccccc1. The van der Waals surface area contributed by atoms with E-state index in [1.807, 2.05) is 0 Å². The molecule has 0 aromatic heterocycles. The van der Waals surface area contributed by atoms with E-state index in [1.54, 1.807) is 37.3 Å². The molecule has 0 fully saturated rings. The summed E-state index contributed by atoms with van der Waals surface area (Å²) in [6, 6.07) is 8.66. The number of aliphatic hydroxyl groups is 1. The number of carboxylic acid groups (broad SMARTS) is 1. The number of rotatable bonds is 8. The molecule has 0 saturated carbocycles. The molecule has 0 amide bonds. The van der Waals surface area contributed by atoms with E-state index in [1.165, 1.54) is 0 Å². The zero-order valence-corrected chi connectivity index (χ0v) is 11.5. The number of aliphatic carboxylic acids is 1. The van der Waals surface area contributed by atoms with Crippen LogP contribution in [0.2, 0.25) is 0 Å². The van der Waals surface area contributed by atoms with Gasteiger partial charge in [0.1, 0.15) is 0 Å². The lowest BCUT2D eigenvalue weighted by Crippen LogP contribution is -2.22. The second kappa shape index (κ2) is 8.32. The molecule has 1 rings (SSSR count). The Balaban J connectivity index is 2.57. The maximum Gasteiger partial charge on any atom is 0.309 e. The van der Waals surface area contributed by atoms with Crippen LogP contribution in [0.1, 0.15) is 37.9 Å². The Morgan fingerprint density at radius 3 is 2.45 bits per heavy atom. The quantitative estimate of drug-likeness (QED) is 0.713. The van der Waals surface area contributed by atoms with Crippen molar-refractivity contribution in [1.82, 2.24) is 0 Å². The predicted molar refractivity (Wildman–Crippen MR) is 73.0 cm³/mol. The smallest absolute Gasteiger partial charge is 0.309 e. The summed E-state index contributed by atoms with van der Waals surface area (Å²) < 4.78 is 4.78. The molecule has 0 aliphatic heterocycles. The average Bonchev–Trinajstić information content (AvgIpc) is 2.44. The summed E-state index contributed by atoms with van der Waals surface area (Å²) in [5, 5.41) is 19.3. The molecule has 0 spiro atoms. The maximum atomic E-state index is 11.2. The molecule has 0 unspecified atom stereocenters. The van der Waals surface area contributed by atoms with E-state index < -0.39 is 18.0 Å². The first-order valence-corrected chi connectivity index (χ1v) is 6.67. The predicted octanol–water partition coefficient (Wildman–Crippen LogP) is 2.15. The van der Waals surface area contributed by atoms with Gasteiger partial charge in [-0.25, -0.2) is 0 Å². The summed E-state index contributed by atoms with van der Waals surface area (Å²) in [7, 11) is 0. The maximum absolute atomic E-state index is 11.2. The monoisotopic (exact) mass is 280 g/mol. The van der Waals surface area contributed by atoms with Crippen LogP contribution in [0.5, 0.6) is 0 Å². The highest BCUT2D eigenvalue weighted by Gasteiger charge is 2.27. The molecule has 5 heteroatoms. The first-order valence-electron chi connectivity index (χ1n) is 6.67. The largest absolute Gasteiger partial charge is 0.481 e. The normalized spacial score (nSPS) is 13.5. The molecule has 2 atom stereocenters. The zero-order chi connectivity index (χ0) is 15.0. The molecular formula is C15H20O5. The van der Waals surface area contributed by atoms with Gasteiger partial charge in [-0.3, -0.25) is 9.59 Å². The number of benzene rings is 1. The summed E-state index contributed by atoms with van der Waals surface area (Å²) >= 11 is 0. The van der Waals surface area contributed by atoms with Gasteiger partial charge in [-0.2, -0.15) is 0 Å². The minimum atomic E-state index is -1.07. The first-order chi connectivity index (χ1) is 9.56. The van der Waals surface area contributed by atoms with Crippen LogP contribution in [0.25, 0.3) is 0 Å². The zero-order valence-electron chi connectivity index (χ0n) is 11.5. The number of carbonyl (C=O) groups is 2. The molecule has 20 heavy (non-hydrogen) atoms. The first kappa shape index (κ1) is 16.2. The van der Waals surface area contributed by atoms with Crippen LogP contribution in [0.4, 0.5) is 0 Å². The van der Waals surface area contributed by atoms with Crippen LogP contribution in [0.15, 0.2) is 30.3 Å². The van der Waals surface area contributed by atoms with Crippen LogP contribution in [-0.2, 0) is 14.3 Å². The summed E-state index contributed by atoms with van der Waals surface area (Å²) in [4.78, 5) is 22.4. The Bertz CT molecular complexity index is 429. The third-order valence-electron chi connectivity index (χ3n) is 3.04. The molecule has 0 heterocycles. The molecule has 0 bridgehead atoms. The highest BCUT2D eigenvalue weighted by Crippen LogP contribution is 2.26. The van der Waals surface area contributed by atoms with Crippen molar-refractivity contribution < 1.29 is 24.5 Å². The molecule has 2 N–H and O–H groups in total. The van der Waals surface area contributed by atoms with E-state index in [-0.39, 0.29) is 18.8 Å². The van der Waals surface area contributed by atoms with Crippen molar-refractivity contribution in [2.24, 2.45) is 5.92 Å². The standard InChI is InChI=1S/C15H20O5/c1-2-20-13(16)10-6-9-12(15(18)19)14(17)11-7-4-3-5-8-11/h3-5,7-8,12,14,17H,2,6,9-10H2,1H3,(H,18,19)/t12-,14+/m1/s1. The number of carbonyl (C=O) groups excluding carboxylic acids is 1. The highest BCUT2D eigenvalue weighted by atomic mass is 16.5. The molecule has 1 aromatic carbocycles.